The van der Waals surface area contributed by atoms with E-state index in [1.165, 1.54) is 21.9 Å². The zero-order chi connectivity index (χ0) is 25.8. The van der Waals surface area contributed by atoms with Gasteiger partial charge in [-0.3, -0.25) is 9.59 Å². The highest BCUT2D eigenvalue weighted by atomic mass is 19.4. The van der Waals surface area contributed by atoms with Crippen molar-refractivity contribution in [2.75, 3.05) is 18.5 Å². The van der Waals surface area contributed by atoms with Crippen LogP contribution in [0.3, 0.4) is 0 Å². The van der Waals surface area contributed by atoms with Gasteiger partial charge in [0.15, 0.2) is 6.61 Å². The van der Waals surface area contributed by atoms with Crippen molar-refractivity contribution in [2.45, 2.75) is 33.5 Å². The first-order valence-electron chi connectivity index (χ1n) is 10.4. The molecule has 1 aromatic carbocycles. The number of alkyl halides is 3. The second kappa shape index (κ2) is 10.4. The van der Waals surface area contributed by atoms with Crippen LogP contribution in [0.5, 0.6) is 0 Å². The molecule has 13 heteroatoms. The number of esters is 2. The number of aryl methyl sites for hydroxylation is 1. The number of carbonyl (C=O) groups is 3. The quantitative estimate of drug-likeness (QED) is 0.479. The number of nitrogens with zero attached hydrogens (tertiary/aromatic N) is 4. The molecule has 0 fully saturated rings. The van der Waals surface area contributed by atoms with Crippen LogP contribution >= 0.6 is 0 Å². The molecule has 0 saturated carbocycles. The number of amides is 1. The molecule has 0 aliphatic carbocycles. The van der Waals surface area contributed by atoms with E-state index in [0.717, 1.165) is 18.2 Å². The molecule has 0 aliphatic heterocycles. The second-order valence-electron chi connectivity index (χ2n) is 7.37. The Morgan fingerprint density at radius 2 is 1.86 bits per heavy atom. The zero-order valence-corrected chi connectivity index (χ0v) is 19.0. The maximum Gasteiger partial charge on any atom is 0.416 e. The van der Waals surface area contributed by atoms with Gasteiger partial charge in [0.25, 0.3) is 5.91 Å². The fraction of sp³-hybridized carbons (Fsp3) is 0.318. The lowest BCUT2D eigenvalue weighted by Crippen LogP contribution is -2.24. The summed E-state index contributed by atoms with van der Waals surface area (Å²) in [6.07, 6.45) is -2.20. The molecule has 10 nitrogen and oxygen atoms in total. The highest BCUT2D eigenvalue weighted by molar-refractivity contribution is 5.95. The summed E-state index contributed by atoms with van der Waals surface area (Å²) in [5, 5.41) is 6.18. The van der Waals surface area contributed by atoms with Crippen LogP contribution in [0.15, 0.2) is 36.9 Å². The highest BCUT2D eigenvalue weighted by Crippen LogP contribution is 2.33. The molecule has 0 radical (unpaired) electrons. The summed E-state index contributed by atoms with van der Waals surface area (Å²) in [5.74, 6) is -2.16. The minimum absolute atomic E-state index is 0.139. The third-order valence-corrected chi connectivity index (χ3v) is 4.98. The molecule has 0 aliphatic rings. The normalized spacial score (nSPS) is 11.3. The second-order valence-corrected chi connectivity index (χ2v) is 7.37. The Balaban J connectivity index is 1.68. The summed E-state index contributed by atoms with van der Waals surface area (Å²) in [5.41, 5.74) is 0.365. The Morgan fingerprint density at radius 1 is 1.11 bits per heavy atom. The largest absolute Gasteiger partial charge is 0.462 e. The standard InChI is InChI=1S/C22H22F3N5O5/c1-4-34-21(33)16-7-13(2)29(14(16)3)9-20(32)35-10-19(31)28-17-8-15(22(23,24)25)5-6-18(17)30-12-26-11-27-30/h5-8,11-12H,4,9-10H2,1-3H3,(H,28,31). The molecule has 1 amide bonds. The number of carbonyl (C=O) groups excluding carboxylic acids is 3. The monoisotopic (exact) mass is 493 g/mol. The summed E-state index contributed by atoms with van der Waals surface area (Å²) in [4.78, 5) is 40.4. The molecule has 0 saturated heterocycles. The zero-order valence-electron chi connectivity index (χ0n) is 19.0. The molecule has 0 unspecified atom stereocenters. The van der Waals surface area contributed by atoms with Gasteiger partial charge in [0, 0.05) is 11.4 Å². The van der Waals surface area contributed by atoms with Crippen molar-refractivity contribution in [3.8, 4) is 5.69 Å². The third kappa shape index (κ3) is 6.05. The van der Waals surface area contributed by atoms with Crippen LogP contribution < -0.4 is 5.32 Å². The van der Waals surface area contributed by atoms with E-state index in [9.17, 15) is 27.6 Å². The van der Waals surface area contributed by atoms with Gasteiger partial charge in [0.2, 0.25) is 0 Å². The Bertz CT molecular complexity index is 1240. The Morgan fingerprint density at radius 3 is 2.49 bits per heavy atom. The Hall–Kier alpha value is -4.16. The topological polar surface area (TPSA) is 117 Å². The minimum Gasteiger partial charge on any atom is -0.462 e. The van der Waals surface area contributed by atoms with Crippen LogP contribution in [0.1, 0.15) is 34.2 Å². The van der Waals surface area contributed by atoms with Gasteiger partial charge >= 0.3 is 18.1 Å². The predicted octanol–water partition coefficient (Wildman–Crippen LogP) is 3.06. The summed E-state index contributed by atoms with van der Waals surface area (Å²) in [6, 6.07) is 4.31. The molecule has 35 heavy (non-hydrogen) atoms. The predicted molar refractivity (Wildman–Crippen MR) is 116 cm³/mol. The SMILES string of the molecule is CCOC(=O)c1cc(C)n(CC(=O)OCC(=O)Nc2cc(C(F)(F)F)ccc2-n2cncn2)c1C. The van der Waals surface area contributed by atoms with Crippen LogP contribution in [0.25, 0.3) is 5.69 Å². The van der Waals surface area contributed by atoms with Crippen molar-refractivity contribution < 1.29 is 37.0 Å². The summed E-state index contributed by atoms with van der Waals surface area (Å²) in [6.45, 7) is 4.18. The smallest absolute Gasteiger partial charge is 0.416 e. The van der Waals surface area contributed by atoms with E-state index in [-0.39, 0.29) is 24.5 Å². The van der Waals surface area contributed by atoms with E-state index in [2.05, 4.69) is 15.4 Å². The lowest BCUT2D eigenvalue weighted by molar-refractivity contribution is -0.147. The number of hydrogen-bond acceptors (Lipinski definition) is 7. The number of aromatic nitrogens is 4. The number of ether oxygens (including phenoxy) is 2. The van der Waals surface area contributed by atoms with E-state index < -0.39 is 36.2 Å². The molecule has 0 atom stereocenters. The van der Waals surface area contributed by atoms with E-state index in [1.807, 2.05) is 0 Å². The summed E-state index contributed by atoms with van der Waals surface area (Å²) < 4.78 is 52.1. The molecule has 3 aromatic rings. The van der Waals surface area contributed by atoms with Gasteiger partial charge in [-0.15, -0.1) is 0 Å². The summed E-state index contributed by atoms with van der Waals surface area (Å²) in [7, 11) is 0. The van der Waals surface area contributed by atoms with Crippen molar-refractivity contribution in [1.29, 1.82) is 0 Å². The number of nitrogens with one attached hydrogen (secondary N) is 1. The van der Waals surface area contributed by atoms with Crippen LogP contribution in [-0.4, -0.2) is 50.4 Å². The van der Waals surface area contributed by atoms with Crippen molar-refractivity contribution in [2.24, 2.45) is 0 Å². The molecular formula is C22H22F3N5O5. The Kier molecular flexibility index (Phi) is 7.57. The molecule has 2 aromatic heterocycles. The first-order chi connectivity index (χ1) is 16.5. The van der Waals surface area contributed by atoms with Gasteiger partial charge < -0.3 is 19.4 Å². The molecule has 0 spiro atoms. The third-order valence-electron chi connectivity index (χ3n) is 4.98. The maximum absolute atomic E-state index is 13.2. The average molecular weight is 493 g/mol. The number of rotatable bonds is 8. The Labute approximate surface area is 197 Å². The number of benzene rings is 1. The first-order valence-corrected chi connectivity index (χ1v) is 10.4. The van der Waals surface area contributed by atoms with Gasteiger partial charge in [-0.05, 0) is 45.0 Å². The molecular weight excluding hydrogens is 471 g/mol. The van der Waals surface area contributed by atoms with Gasteiger partial charge in [-0.1, -0.05) is 0 Å². The molecule has 2 heterocycles. The van der Waals surface area contributed by atoms with Crippen LogP contribution in [0.4, 0.5) is 18.9 Å². The van der Waals surface area contributed by atoms with E-state index in [1.54, 1.807) is 26.8 Å². The first kappa shape index (κ1) is 25.5. The highest BCUT2D eigenvalue weighted by Gasteiger charge is 2.31. The van der Waals surface area contributed by atoms with E-state index in [4.69, 9.17) is 9.47 Å². The molecule has 1 N–H and O–H groups in total. The van der Waals surface area contributed by atoms with Gasteiger partial charge in [-0.25, -0.2) is 14.5 Å². The fourth-order valence-corrected chi connectivity index (χ4v) is 3.31. The van der Waals surface area contributed by atoms with Gasteiger partial charge in [-0.2, -0.15) is 18.3 Å². The molecule has 0 bridgehead atoms. The van der Waals surface area contributed by atoms with Crippen LogP contribution in [0, 0.1) is 13.8 Å². The number of hydrogen-bond donors (Lipinski definition) is 1. The van der Waals surface area contributed by atoms with E-state index in [0.29, 0.717) is 17.0 Å². The van der Waals surface area contributed by atoms with Crippen LogP contribution in [0.2, 0.25) is 0 Å². The number of anilines is 1. The minimum atomic E-state index is -4.64. The van der Waals surface area contributed by atoms with Gasteiger partial charge in [0.05, 0.1) is 29.1 Å². The average Bonchev–Trinajstić information content (AvgIpc) is 3.41. The number of halogens is 3. The lowest BCUT2D eigenvalue weighted by Gasteiger charge is -2.15. The van der Waals surface area contributed by atoms with Crippen molar-refractivity contribution in [1.82, 2.24) is 19.3 Å². The summed E-state index contributed by atoms with van der Waals surface area (Å²) >= 11 is 0. The van der Waals surface area contributed by atoms with E-state index >= 15 is 0 Å². The maximum atomic E-state index is 13.2. The fourth-order valence-electron chi connectivity index (χ4n) is 3.31. The van der Waals surface area contributed by atoms with Crippen molar-refractivity contribution >= 4 is 23.5 Å². The van der Waals surface area contributed by atoms with Crippen molar-refractivity contribution in [3.63, 3.8) is 0 Å². The van der Waals surface area contributed by atoms with Gasteiger partial charge in [0.1, 0.15) is 19.2 Å². The molecule has 3 rings (SSSR count). The molecule has 186 valence electrons. The van der Waals surface area contributed by atoms with Crippen molar-refractivity contribution in [3.05, 3.63) is 59.4 Å². The lowest BCUT2D eigenvalue weighted by atomic mass is 10.1. The van der Waals surface area contributed by atoms with Crippen LogP contribution in [-0.2, 0) is 31.8 Å².